The number of ketones is 1. The Kier molecular flexibility index (Phi) is 5.64. The number of carbonyl (C=O) groups excluding carboxylic acids is 1. The molecule has 0 saturated carbocycles. The van der Waals surface area contributed by atoms with E-state index in [0.717, 1.165) is 5.56 Å². The number of nitrogens with zero attached hydrogens (tertiary/aromatic N) is 4. The number of ether oxygens (including phenoxy) is 2. The number of aromatic nitrogens is 3. The number of methoxy groups -OCH3 is 2. The molecule has 0 aliphatic rings. The summed E-state index contributed by atoms with van der Waals surface area (Å²) in [4.78, 5) is 22.6. The Morgan fingerprint density at radius 2 is 1.71 bits per heavy atom. The van der Waals surface area contributed by atoms with Gasteiger partial charge in [0.2, 0.25) is 0 Å². The molecule has 0 saturated heterocycles. The summed E-state index contributed by atoms with van der Waals surface area (Å²) in [6.07, 6.45) is 1.66. The normalized spacial score (nSPS) is 10.5. The number of carbonyl (C=O) groups is 1. The molecule has 9 nitrogen and oxygen atoms in total. The Hall–Kier alpha value is -3.75. The summed E-state index contributed by atoms with van der Waals surface area (Å²) in [5, 5.41) is 18.6. The minimum Gasteiger partial charge on any atom is -0.497 e. The van der Waals surface area contributed by atoms with Crippen LogP contribution in [0.25, 0.3) is 0 Å². The number of benzene rings is 2. The maximum absolute atomic E-state index is 12.4. The van der Waals surface area contributed by atoms with Crippen molar-refractivity contribution in [2.24, 2.45) is 0 Å². The van der Waals surface area contributed by atoms with Crippen LogP contribution >= 0.6 is 0 Å². The van der Waals surface area contributed by atoms with Gasteiger partial charge in [0.25, 0.3) is 5.69 Å². The predicted octanol–water partition coefficient (Wildman–Crippen LogP) is 2.68. The van der Waals surface area contributed by atoms with Crippen LogP contribution in [0.15, 0.2) is 48.7 Å². The maximum Gasteiger partial charge on any atom is 0.269 e. The van der Waals surface area contributed by atoms with E-state index >= 15 is 0 Å². The zero-order valence-electron chi connectivity index (χ0n) is 15.4. The summed E-state index contributed by atoms with van der Waals surface area (Å²) in [6, 6.07) is 11.3. The van der Waals surface area contributed by atoms with E-state index < -0.39 is 4.92 Å². The van der Waals surface area contributed by atoms with Crippen molar-refractivity contribution >= 4 is 11.5 Å². The Morgan fingerprint density at radius 3 is 2.29 bits per heavy atom. The highest BCUT2D eigenvalue weighted by molar-refractivity contribution is 5.95. The lowest BCUT2D eigenvalue weighted by Crippen LogP contribution is -2.04. The molecule has 0 spiro atoms. The first-order chi connectivity index (χ1) is 13.5. The summed E-state index contributed by atoms with van der Waals surface area (Å²) in [5.41, 5.74) is 1.77. The molecule has 2 aromatic carbocycles. The van der Waals surface area contributed by atoms with Crippen LogP contribution in [-0.4, -0.2) is 39.9 Å². The summed E-state index contributed by atoms with van der Waals surface area (Å²) in [5.74, 6) is 1.09. The van der Waals surface area contributed by atoms with Gasteiger partial charge in [0, 0.05) is 24.6 Å². The van der Waals surface area contributed by atoms with Crippen molar-refractivity contribution in [3.8, 4) is 11.5 Å². The highest BCUT2D eigenvalue weighted by atomic mass is 16.6. The molecule has 144 valence electrons. The largest absolute Gasteiger partial charge is 0.497 e. The Labute approximate surface area is 160 Å². The lowest BCUT2D eigenvalue weighted by molar-refractivity contribution is -0.384. The first-order valence-corrected chi connectivity index (χ1v) is 8.37. The molecule has 0 amide bonds. The van der Waals surface area contributed by atoms with Crippen LogP contribution in [0.3, 0.4) is 0 Å². The van der Waals surface area contributed by atoms with E-state index in [2.05, 4.69) is 10.3 Å². The second-order valence-corrected chi connectivity index (χ2v) is 6.05. The van der Waals surface area contributed by atoms with Crippen molar-refractivity contribution < 1.29 is 19.2 Å². The van der Waals surface area contributed by atoms with Crippen molar-refractivity contribution in [2.45, 2.75) is 13.0 Å². The van der Waals surface area contributed by atoms with Crippen LogP contribution < -0.4 is 9.47 Å². The standard InChI is InChI=1S/C19H18N4O5/c1-27-16-7-14(8-17(10-16)28-2)11-22-12-18(20-21-22)19(24)9-13-3-5-15(6-4-13)23(25)26/h3-8,10,12H,9,11H2,1-2H3. The molecule has 0 radical (unpaired) electrons. The fourth-order valence-corrected chi connectivity index (χ4v) is 2.66. The third-order valence-corrected chi connectivity index (χ3v) is 4.09. The van der Waals surface area contributed by atoms with Crippen molar-refractivity contribution in [3.05, 3.63) is 75.6 Å². The topological polar surface area (TPSA) is 109 Å². The highest BCUT2D eigenvalue weighted by Gasteiger charge is 2.13. The summed E-state index contributed by atoms with van der Waals surface area (Å²) in [6.45, 7) is 0.394. The zero-order chi connectivity index (χ0) is 20.1. The maximum atomic E-state index is 12.4. The van der Waals surface area contributed by atoms with Gasteiger partial charge in [0.05, 0.1) is 31.9 Å². The molecule has 1 aromatic heterocycles. The minimum atomic E-state index is -0.481. The number of nitro benzene ring substituents is 1. The van der Waals surface area contributed by atoms with Gasteiger partial charge in [-0.3, -0.25) is 14.9 Å². The minimum absolute atomic E-state index is 0.0177. The average molecular weight is 382 g/mol. The molecule has 0 atom stereocenters. The van der Waals surface area contributed by atoms with Gasteiger partial charge in [-0.2, -0.15) is 0 Å². The number of hydrogen-bond acceptors (Lipinski definition) is 7. The van der Waals surface area contributed by atoms with Crippen LogP contribution in [0.5, 0.6) is 11.5 Å². The molecule has 1 heterocycles. The van der Waals surface area contributed by atoms with E-state index in [1.807, 2.05) is 12.1 Å². The number of non-ortho nitro benzene ring substituents is 1. The van der Waals surface area contributed by atoms with Gasteiger partial charge >= 0.3 is 0 Å². The summed E-state index contributed by atoms with van der Waals surface area (Å²) in [7, 11) is 3.14. The van der Waals surface area contributed by atoms with Crippen LogP contribution in [0.1, 0.15) is 21.6 Å². The van der Waals surface area contributed by atoms with Crippen LogP contribution in [0, 0.1) is 10.1 Å². The molecular formula is C19H18N4O5. The van der Waals surface area contributed by atoms with Crippen molar-refractivity contribution in [1.82, 2.24) is 15.0 Å². The van der Waals surface area contributed by atoms with E-state index in [-0.39, 0.29) is 23.6 Å². The second-order valence-electron chi connectivity index (χ2n) is 6.05. The van der Waals surface area contributed by atoms with Gasteiger partial charge in [-0.1, -0.05) is 17.3 Å². The third-order valence-electron chi connectivity index (χ3n) is 4.09. The van der Waals surface area contributed by atoms with Crippen LogP contribution in [0.2, 0.25) is 0 Å². The van der Waals surface area contributed by atoms with Crippen LogP contribution in [0.4, 0.5) is 5.69 Å². The Bertz CT molecular complexity index is 976. The van der Waals surface area contributed by atoms with E-state index in [1.165, 1.54) is 12.1 Å². The smallest absolute Gasteiger partial charge is 0.269 e. The monoisotopic (exact) mass is 382 g/mol. The molecule has 0 bridgehead atoms. The first-order valence-electron chi connectivity index (χ1n) is 8.37. The van der Waals surface area contributed by atoms with Gasteiger partial charge in [-0.25, -0.2) is 4.68 Å². The lowest BCUT2D eigenvalue weighted by atomic mass is 10.1. The molecular weight excluding hydrogens is 364 g/mol. The van der Waals surface area contributed by atoms with E-state index in [9.17, 15) is 14.9 Å². The molecule has 28 heavy (non-hydrogen) atoms. The SMILES string of the molecule is COc1cc(Cn2cc(C(=O)Cc3ccc([N+](=O)[O-])cc3)nn2)cc(OC)c1. The Morgan fingerprint density at radius 1 is 1.07 bits per heavy atom. The molecule has 0 aliphatic carbocycles. The average Bonchev–Trinajstić information content (AvgIpc) is 3.16. The molecule has 0 aliphatic heterocycles. The molecule has 9 heteroatoms. The van der Waals surface area contributed by atoms with E-state index in [0.29, 0.717) is 23.6 Å². The molecule has 0 unspecified atom stereocenters. The number of hydrogen-bond donors (Lipinski definition) is 0. The zero-order valence-corrected chi connectivity index (χ0v) is 15.4. The fraction of sp³-hybridized carbons (Fsp3) is 0.211. The van der Waals surface area contributed by atoms with Gasteiger partial charge in [0.15, 0.2) is 5.78 Å². The molecule has 0 N–H and O–H groups in total. The molecule has 3 rings (SSSR count). The van der Waals surface area contributed by atoms with Crippen molar-refractivity contribution in [2.75, 3.05) is 14.2 Å². The number of nitro groups is 1. The van der Waals surface area contributed by atoms with E-state index in [4.69, 9.17) is 9.47 Å². The highest BCUT2D eigenvalue weighted by Crippen LogP contribution is 2.23. The Balaban J connectivity index is 1.69. The first kappa shape index (κ1) is 19.0. The van der Waals surface area contributed by atoms with Crippen LogP contribution in [-0.2, 0) is 13.0 Å². The summed E-state index contributed by atoms with van der Waals surface area (Å²) < 4.78 is 12.0. The molecule has 3 aromatic rings. The lowest BCUT2D eigenvalue weighted by Gasteiger charge is -2.08. The predicted molar refractivity (Wildman–Crippen MR) is 99.8 cm³/mol. The van der Waals surface area contributed by atoms with Gasteiger partial charge < -0.3 is 9.47 Å². The molecule has 0 fully saturated rings. The summed E-state index contributed by atoms with van der Waals surface area (Å²) >= 11 is 0. The van der Waals surface area contributed by atoms with E-state index in [1.54, 1.807) is 43.3 Å². The number of rotatable bonds is 8. The van der Waals surface area contributed by atoms with Gasteiger partial charge in [-0.05, 0) is 23.3 Å². The van der Waals surface area contributed by atoms with Crippen molar-refractivity contribution in [3.63, 3.8) is 0 Å². The quantitative estimate of drug-likeness (QED) is 0.335. The van der Waals surface area contributed by atoms with Crippen molar-refractivity contribution in [1.29, 1.82) is 0 Å². The van der Waals surface area contributed by atoms with Gasteiger partial charge in [-0.15, -0.1) is 5.10 Å². The number of Topliss-reactive ketones (excluding diaryl/α,β-unsaturated/α-hetero) is 1. The third kappa shape index (κ3) is 4.50. The fourth-order valence-electron chi connectivity index (χ4n) is 2.66. The second kappa shape index (κ2) is 8.30. The van der Waals surface area contributed by atoms with Gasteiger partial charge in [0.1, 0.15) is 17.2 Å².